The Morgan fingerprint density at radius 1 is 1.05 bits per heavy atom. The van der Waals surface area contributed by atoms with Crippen LogP contribution in [0.2, 0.25) is 0 Å². The summed E-state index contributed by atoms with van der Waals surface area (Å²) in [5, 5.41) is 51.0. The quantitative estimate of drug-likeness (QED) is 0.123. The van der Waals surface area contributed by atoms with E-state index in [0.29, 0.717) is 33.7 Å². The van der Waals surface area contributed by atoms with Crippen LogP contribution in [0.3, 0.4) is 0 Å². The Hall–Kier alpha value is -5.58. The molecule has 2 aliphatic heterocycles. The Labute approximate surface area is 326 Å². The lowest BCUT2D eigenvalue weighted by molar-refractivity contribution is -0.808. The molecule has 3 aromatic rings. The van der Waals surface area contributed by atoms with Gasteiger partial charge in [-0.1, -0.05) is 55.0 Å². The maximum Gasteiger partial charge on any atom is 0.348 e. The van der Waals surface area contributed by atoms with Gasteiger partial charge in [-0.2, -0.15) is 0 Å². The van der Waals surface area contributed by atoms with Gasteiger partial charge in [0.2, 0.25) is 17.4 Å². The van der Waals surface area contributed by atoms with Crippen LogP contribution in [-0.4, -0.2) is 80.8 Å². The summed E-state index contributed by atoms with van der Waals surface area (Å²) in [4.78, 5) is 55.0. The van der Waals surface area contributed by atoms with E-state index in [-0.39, 0.29) is 43.3 Å². The monoisotopic (exact) mass is 786 g/mol. The molecule has 3 heterocycles. The van der Waals surface area contributed by atoms with E-state index in [2.05, 4.69) is 5.16 Å². The summed E-state index contributed by atoms with van der Waals surface area (Å²) in [5.74, 6) is -6.50. The van der Waals surface area contributed by atoms with Gasteiger partial charge in [-0.15, -0.1) is 0 Å². The van der Waals surface area contributed by atoms with E-state index in [9.17, 15) is 39.7 Å². The molecule has 3 N–H and O–H groups in total. The van der Waals surface area contributed by atoms with Gasteiger partial charge in [0, 0.05) is 34.5 Å². The molecule has 2 saturated carbocycles. The summed E-state index contributed by atoms with van der Waals surface area (Å²) in [7, 11) is 0. The van der Waals surface area contributed by atoms with Crippen molar-refractivity contribution in [2.45, 2.75) is 83.8 Å². The maximum absolute atomic E-state index is 14.5. The van der Waals surface area contributed by atoms with Gasteiger partial charge in [0.05, 0.1) is 18.6 Å². The first kappa shape index (κ1) is 38.3. The minimum atomic E-state index is -2.40. The second kappa shape index (κ2) is 13.8. The van der Waals surface area contributed by atoms with Crippen molar-refractivity contribution in [3.8, 4) is 17.0 Å². The van der Waals surface area contributed by atoms with Gasteiger partial charge in [-0.25, -0.2) is 14.4 Å². The molecule has 0 unspecified atom stereocenters. The zero-order chi connectivity index (χ0) is 40.6. The minimum absolute atomic E-state index is 0.109. The van der Waals surface area contributed by atoms with Gasteiger partial charge in [0.25, 0.3) is 5.69 Å². The summed E-state index contributed by atoms with van der Waals surface area (Å²) in [6, 6.07) is 15.4. The van der Waals surface area contributed by atoms with E-state index in [1.807, 2.05) is 6.07 Å². The van der Waals surface area contributed by atoms with Crippen LogP contribution >= 0.6 is 0 Å². The highest BCUT2D eigenvalue weighted by molar-refractivity contribution is 5.95. The average Bonchev–Trinajstić information content (AvgIpc) is 3.70. The van der Waals surface area contributed by atoms with Gasteiger partial charge in [-0.3, -0.25) is 9.42 Å². The van der Waals surface area contributed by atoms with Crippen LogP contribution in [0, 0.1) is 33.8 Å². The molecule has 57 heavy (non-hydrogen) atoms. The predicted octanol–water partition coefficient (Wildman–Crippen LogP) is 2.95. The predicted molar refractivity (Wildman–Crippen MR) is 192 cm³/mol. The number of nitrogens with zero attached hydrogens (tertiary/aromatic N) is 2. The van der Waals surface area contributed by atoms with E-state index in [4.69, 9.17) is 28.3 Å². The summed E-state index contributed by atoms with van der Waals surface area (Å²) in [5.41, 5.74) is -2.34. The molecule has 2 bridgehead atoms. The summed E-state index contributed by atoms with van der Waals surface area (Å²) >= 11 is 0. The van der Waals surface area contributed by atoms with E-state index >= 15 is 0 Å². The van der Waals surface area contributed by atoms with E-state index < -0.39 is 88.1 Å². The molecule has 5 aliphatic rings. The van der Waals surface area contributed by atoms with Crippen LogP contribution < -0.4 is 9.64 Å². The van der Waals surface area contributed by atoms with Crippen LogP contribution in [0.4, 0.5) is 0 Å². The van der Waals surface area contributed by atoms with Gasteiger partial charge >= 0.3 is 17.9 Å². The highest BCUT2D eigenvalue weighted by atomic mass is 16.8. The summed E-state index contributed by atoms with van der Waals surface area (Å²) in [6.07, 6.45) is -5.40. The fourth-order valence-corrected chi connectivity index (χ4v) is 10.4. The Morgan fingerprint density at radius 2 is 1.77 bits per heavy atom. The van der Waals surface area contributed by atoms with Crippen molar-refractivity contribution in [1.29, 1.82) is 0 Å². The Morgan fingerprint density at radius 3 is 2.47 bits per heavy atom. The SMILES string of the molecule is CC(C)=CC(=O)O[C@H]1C(=O)O[C@@H]2C[C@H]3C(C)=C(O)C(=O)C[C@]3(C)[C@H]3[C@@H](O)[C@H](O)[C@]4(C(=O)OCc5ccc(OCc6c(-c7ccccc7)no[n+]6[O-])cc5)OC[C@]32[C@@H]14. The molecular formula is C41H42N2O14. The van der Waals surface area contributed by atoms with Crippen molar-refractivity contribution >= 4 is 23.7 Å². The van der Waals surface area contributed by atoms with Gasteiger partial charge < -0.3 is 44.2 Å². The molecule has 2 saturated heterocycles. The van der Waals surface area contributed by atoms with Crippen molar-refractivity contribution in [2.24, 2.45) is 28.6 Å². The average molecular weight is 787 g/mol. The molecule has 16 nitrogen and oxygen atoms in total. The molecule has 10 atom stereocenters. The maximum atomic E-state index is 14.5. The van der Waals surface area contributed by atoms with Crippen LogP contribution in [0.15, 0.2) is 82.2 Å². The second-order valence-corrected chi connectivity index (χ2v) is 16.1. The summed E-state index contributed by atoms with van der Waals surface area (Å²) < 4.78 is 34.5. The third kappa shape index (κ3) is 5.75. The number of fused-ring (bicyclic) bond motifs is 2. The Bertz CT molecular complexity index is 2190. The van der Waals surface area contributed by atoms with Crippen LogP contribution in [-0.2, 0) is 51.3 Å². The number of ketones is 1. The molecule has 1 aromatic heterocycles. The number of hydrogen-bond donors (Lipinski definition) is 3. The number of allylic oxidation sites excluding steroid dienone is 3. The number of benzene rings is 2. The fraction of sp³-hybridized carbons (Fsp3) is 0.463. The number of aliphatic hydroxyl groups excluding tert-OH is 3. The highest BCUT2D eigenvalue weighted by Gasteiger charge is 2.85. The number of aromatic nitrogens is 2. The van der Waals surface area contributed by atoms with E-state index in [0.717, 1.165) is 0 Å². The van der Waals surface area contributed by atoms with Crippen LogP contribution in [0.5, 0.6) is 5.75 Å². The fourth-order valence-electron chi connectivity index (χ4n) is 10.4. The molecule has 300 valence electrons. The number of Topliss-reactive ketones (excluding diaryl/α,β-unsaturated/α-hetero) is 1. The number of hydrogen-bond acceptors (Lipinski definition) is 15. The van der Waals surface area contributed by atoms with Gasteiger partial charge in [-0.05, 0) is 66.7 Å². The van der Waals surface area contributed by atoms with Crippen molar-refractivity contribution < 1.29 is 67.7 Å². The van der Waals surface area contributed by atoms with E-state index in [1.165, 1.54) is 6.08 Å². The summed E-state index contributed by atoms with van der Waals surface area (Å²) in [6.45, 7) is 5.89. The standard InChI is InChI=1S/C41H42N2O14/c1-20(2)14-29(45)56-33-35-40-19-54-41(35,36(48)32(47)34(40)39(4)16-27(44)31(46)21(3)25(39)15-28(40)55-37(33)49)38(50)53-17-22-10-12-24(13-11-22)52-18-26-30(42-57-43(26)51)23-8-6-5-7-9-23/h5-14,25,28,32-36,46-48H,15-19H2,1-4H3/t25-,28+,32+,33+,34+,35+,36-,39-,40+,41+/m0/s1. The first-order valence-electron chi connectivity index (χ1n) is 18.7. The molecule has 2 aromatic carbocycles. The third-order valence-electron chi connectivity index (χ3n) is 12.7. The highest BCUT2D eigenvalue weighted by Crippen LogP contribution is 2.72. The number of ether oxygens (including phenoxy) is 5. The molecule has 8 rings (SSSR count). The zero-order valence-electron chi connectivity index (χ0n) is 31.6. The number of rotatable bonds is 9. The first-order valence-corrected chi connectivity index (χ1v) is 18.7. The first-order chi connectivity index (χ1) is 27.1. The molecule has 3 aliphatic carbocycles. The molecule has 0 radical (unpaired) electrons. The lowest BCUT2D eigenvalue weighted by Gasteiger charge is -2.67. The minimum Gasteiger partial charge on any atom is -0.504 e. The van der Waals surface area contributed by atoms with Gasteiger partial charge in [0.1, 0.15) is 24.6 Å². The molecule has 1 spiro atoms. The molecule has 16 heteroatoms. The molecule has 4 fully saturated rings. The smallest absolute Gasteiger partial charge is 0.348 e. The number of carbonyl (C=O) groups is 4. The van der Waals surface area contributed by atoms with Crippen molar-refractivity contribution in [3.05, 3.63) is 94.0 Å². The van der Waals surface area contributed by atoms with Crippen LogP contribution in [0.25, 0.3) is 11.3 Å². The molecule has 0 amide bonds. The third-order valence-corrected chi connectivity index (χ3v) is 12.7. The zero-order valence-corrected chi connectivity index (χ0v) is 31.6. The largest absolute Gasteiger partial charge is 0.504 e. The van der Waals surface area contributed by atoms with Crippen molar-refractivity contribution in [2.75, 3.05) is 6.61 Å². The van der Waals surface area contributed by atoms with E-state index in [1.54, 1.807) is 76.2 Å². The number of aliphatic hydroxyl groups is 3. The molecular weight excluding hydrogens is 744 g/mol. The lowest BCUT2D eigenvalue weighted by atomic mass is 9.38. The Kier molecular flexibility index (Phi) is 9.28. The normalized spacial score (nSPS) is 33.8. The van der Waals surface area contributed by atoms with Gasteiger partial charge in [0.15, 0.2) is 18.1 Å². The van der Waals surface area contributed by atoms with Crippen LogP contribution in [0.1, 0.15) is 51.8 Å². The lowest BCUT2D eigenvalue weighted by Crippen LogP contribution is -2.79. The number of carbonyl (C=O) groups excluding carboxylic acids is 4. The number of esters is 3. The topological polar surface area (TPSA) is 228 Å². The second-order valence-electron chi connectivity index (χ2n) is 16.1. The van der Waals surface area contributed by atoms with Crippen molar-refractivity contribution in [3.63, 3.8) is 0 Å². The van der Waals surface area contributed by atoms with Crippen molar-refractivity contribution in [1.82, 2.24) is 5.16 Å². The Balaban J connectivity index is 1.08.